The summed E-state index contributed by atoms with van der Waals surface area (Å²) in [5, 5.41) is 86.9. The molecule has 20 heteroatoms. The van der Waals surface area contributed by atoms with E-state index in [4.69, 9.17) is 15.3 Å². The van der Waals surface area contributed by atoms with Gasteiger partial charge in [0.05, 0.1) is 71.6 Å². The fraction of sp³-hybridized carbons (Fsp3) is 0.363. The smallest absolute Gasteiger partial charge is 0.106 e. The van der Waals surface area contributed by atoms with Crippen molar-refractivity contribution in [3.63, 3.8) is 0 Å². The Kier molecular flexibility index (Phi) is 45.4. The van der Waals surface area contributed by atoms with Crippen LogP contribution < -0.4 is 0 Å². The molecule has 0 fully saturated rings. The predicted molar refractivity (Wildman–Crippen MR) is 535 cm³/mol. The number of rotatable bonds is 14. The molecule has 4 heterocycles. The molecule has 8 atom stereocenters. The average molecular weight is 2500 g/mol. The molecule has 0 aliphatic heterocycles. The molecule has 714 valence electrons. The summed E-state index contributed by atoms with van der Waals surface area (Å²) in [5.41, 5.74) is 22.0. The zero-order valence-corrected chi connectivity index (χ0v) is 91.0. The summed E-state index contributed by atoms with van der Waals surface area (Å²) in [4.78, 5) is 36.3. The minimum absolute atomic E-state index is 0. The molecule has 16 rings (SSSR count). The van der Waals surface area contributed by atoms with E-state index in [1.54, 1.807) is 46.1 Å². The van der Waals surface area contributed by atoms with Crippen molar-refractivity contribution < 1.29 is 121 Å². The number of aromatic nitrogens is 8. The number of nitrogens with zero attached hydrogens (tertiary/aromatic N) is 8. The van der Waals surface area contributed by atoms with Gasteiger partial charge in [0.1, 0.15) is 25.3 Å². The van der Waals surface area contributed by atoms with E-state index in [1.165, 1.54) is 66.8 Å². The molecule has 4 aromatic heterocycles. The van der Waals surface area contributed by atoms with Crippen molar-refractivity contribution in [3.8, 4) is 45.0 Å². The van der Waals surface area contributed by atoms with E-state index >= 15 is 0 Å². The number of hydrogen-bond donors (Lipinski definition) is 8. The summed E-state index contributed by atoms with van der Waals surface area (Å²) in [5.74, 6) is 0.479. The molecule has 0 amide bonds. The second kappa shape index (κ2) is 52.6. The van der Waals surface area contributed by atoms with Crippen LogP contribution >= 0.6 is 0 Å². The first-order chi connectivity index (χ1) is 60.9. The van der Waals surface area contributed by atoms with E-state index in [2.05, 4.69) is 265 Å². The van der Waals surface area contributed by atoms with Gasteiger partial charge in [-0.15, -0.1) is 140 Å². The van der Waals surface area contributed by atoms with E-state index in [9.17, 15) is 25.5 Å². The van der Waals surface area contributed by atoms with Crippen molar-refractivity contribution >= 4 is 86.7 Å². The molecule has 16 aromatic rings. The molecule has 8 unspecified atom stereocenters. The van der Waals surface area contributed by atoms with Gasteiger partial charge in [-0.05, 0) is 213 Å². The van der Waals surface area contributed by atoms with E-state index in [0.717, 1.165) is 109 Å². The van der Waals surface area contributed by atoms with Crippen molar-refractivity contribution in [2.75, 3.05) is 0 Å². The van der Waals surface area contributed by atoms with Gasteiger partial charge >= 0.3 is 0 Å². The zero-order chi connectivity index (χ0) is 94.5. The van der Waals surface area contributed by atoms with Crippen LogP contribution in [0.1, 0.15) is 181 Å². The van der Waals surface area contributed by atoms with Crippen molar-refractivity contribution in [2.45, 2.75) is 241 Å². The summed E-state index contributed by atoms with van der Waals surface area (Å²) in [6.07, 6.45) is 5.31. The first-order valence-electron chi connectivity index (χ1n) is 44.8. The predicted octanol–water partition coefficient (Wildman–Crippen LogP) is 24.4. The second-order valence-electron chi connectivity index (χ2n) is 38.2. The van der Waals surface area contributed by atoms with Gasteiger partial charge in [-0.25, -0.2) is 19.9 Å². The van der Waals surface area contributed by atoms with Crippen molar-refractivity contribution in [1.29, 1.82) is 0 Å². The van der Waals surface area contributed by atoms with Gasteiger partial charge in [0.15, 0.2) is 0 Å². The third-order valence-corrected chi connectivity index (χ3v) is 23.3. The van der Waals surface area contributed by atoms with Crippen LogP contribution in [0.15, 0.2) is 219 Å². The Hall–Kier alpha value is -8.68. The van der Waals surface area contributed by atoms with Crippen LogP contribution in [0, 0.1) is 108 Å². The van der Waals surface area contributed by atoms with Gasteiger partial charge in [-0.3, -0.25) is 19.9 Å². The molecule has 12 aromatic carbocycles. The van der Waals surface area contributed by atoms with Crippen LogP contribution in [0.4, 0.5) is 0 Å². The Morgan fingerprint density at radius 1 is 0.278 bits per heavy atom. The Labute approximate surface area is 842 Å². The fourth-order valence-corrected chi connectivity index (χ4v) is 14.8. The van der Waals surface area contributed by atoms with Crippen LogP contribution in [-0.4, -0.2) is 130 Å². The first-order valence-corrected chi connectivity index (χ1v) is 44.8. The Morgan fingerprint density at radius 2 is 0.564 bits per heavy atom. The molecule has 0 spiro atoms. The summed E-state index contributed by atoms with van der Waals surface area (Å²) in [6.45, 7) is 47.6. The Balaban J connectivity index is 0.000000275. The third kappa shape index (κ3) is 31.7. The molecule has 4 radical (unpaired) electrons. The number of aryl methyl sites for hydroxylation is 7. The maximum Gasteiger partial charge on any atom is 0.106 e. The minimum Gasteiger partial charge on any atom is -0.393 e. The van der Waals surface area contributed by atoms with E-state index < -0.39 is 24.4 Å². The Morgan fingerprint density at radius 3 is 0.857 bits per heavy atom. The maximum atomic E-state index is 9.76. The number of aliphatic hydroxyl groups excluding tert-OH is 8. The van der Waals surface area contributed by atoms with Crippen LogP contribution in [0.3, 0.4) is 0 Å². The zero-order valence-electron chi connectivity index (χ0n) is 81.4. The number of benzene rings is 12. The van der Waals surface area contributed by atoms with Gasteiger partial charge in [0.2, 0.25) is 0 Å². The molecule has 0 bridgehead atoms. The molecule has 133 heavy (non-hydrogen) atoms. The molecule has 0 aliphatic rings. The number of hydrogen-bond acceptors (Lipinski definition) is 16. The normalized spacial score (nSPS) is 13.0. The largest absolute Gasteiger partial charge is 0.393 e. The molecular formula is C113H134Ir4N8O8-4. The topological polar surface area (TPSA) is 265 Å². The first kappa shape index (κ1) is 115. The van der Waals surface area contributed by atoms with Crippen molar-refractivity contribution in [3.05, 3.63) is 288 Å². The average Bonchev–Trinajstić information content (AvgIpc) is 0.793. The minimum atomic E-state index is -0.443. The molecule has 0 aliphatic carbocycles. The number of fused-ring (bicyclic) bond motifs is 12. The maximum absolute atomic E-state index is 9.76. The molecular weight excluding hydrogens is 2370 g/mol. The summed E-state index contributed by atoms with van der Waals surface area (Å²) in [6, 6.07) is 79.9. The van der Waals surface area contributed by atoms with Crippen LogP contribution in [0.2, 0.25) is 0 Å². The summed E-state index contributed by atoms with van der Waals surface area (Å²) >= 11 is 0. The van der Waals surface area contributed by atoms with Crippen LogP contribution in [0.5, 0.6) is 0 Å². The molecule has 8 N–H and O–H groups in total. The van der Waals surface area contributed by atoms with E-state index in [-0.39, 0.29) is 133 Å². The van der Waals surface area contributed by atoms with Crippen LogP contribution in [-0.2, 0) is 80.4 Å². The van der Waals surface area contributed by atoms with E-state index in [1.807, 2.05) is 139 Å². The standard InChI is InChI=1S/4C20H15N2.C11H24O2.C9H20O2.C8H18O2.C5H12O2.4Ir/c1-13-6-5-7-14(2)18(13)20-17-11-10-15-8-3-4-9-16(15)19(17)21-12-22-20;1-13-6-5-9-16(14(13)2)19-18-11-10-15-7-3-4-8-17(15)20(18)22-12-21-19;2*1-13-7-8-14(2)18(11-13)20-17-10-9-15-5-3-4-6-16(15)19(17)21-12-22-20;1-10(2,3)8(12)7-9(13)11(4,5)6;1-6(2)8(10)5-9(11)7(3)4;1-6(9)5-7(10)8(2,3)4;1-4(6)3-5(2)7;;;;/h3-8,10-12H,1-2H3;3-7,9-12H,1-2H3;2*3-5,7-12H,1-2H3;8-9,12-13H,7H2,1-6H3;6-11H,5H2,1-4H3;6-7,9-10H,5H2,1-4H3;4-7H,3H2,1-2H3;;;;/q4*-1;;;;;;;;. The van der Waals surface area contributed by atoms with Crippen molar-refractivity contribution in [1.82, 2.24) is 39.9 Å². The molecule has 0 saturated heterocycles. The second-order valence-corrected chi connectivity index (χ2v) is 38.2. The van der Waals surface area contributed by atoms with Gasteiger partial charge in [-0.2, -0.15) is 0 Å². The van der Waals surface area contributed by atoms with E-state index in [0.29, 0.717) is 25.7 Å². The summed E-state index contributed by atoms with van der Waals surface area (Å²) in [7, 11) is 0. The van der Waals surface area contributed by atoms with Crippen LogP contribution in [0.25, 0.3) is 132 Å². The van der Waals surface area contributed by atoms with Gasteiger partial charge in [-0.1, -0.05) is 210 Å². The quantitative estimate of drug-likeness (QED) is 0.0372. The molecule has 16 nitrogen and oxygen atoms in total. The van der Waals surface area contributed by atoms with Gasteiger partial charge in [0.25, 0.3) is 0 Å². The monoisotopic (exact) mass is 2500 g/mol. The third-order valence-electron chi connectivity index (χ3n) is 23.3. The number of aliphatic hydroxyl groups is 8. The van der Waals surface area contributed by atoms with Gasteiger partial charge < -0.3 is 40.9 Å². The summed E-state index contributed by atoms with van der Waals surface area (Å²) < 4.78 is 0. The fourth-order valence-electron chi connectivity index (χ4n) is 14.8. The SMILES string of the molecule is CC(C)(C)C(O)CC(O)C(C)(C)C.CC(C)C(O)CC(O)C(C)C.CC(O)CC(C)O.CC(O)CC(O)C(C)(C)C.Cc1ccc(C)c(-c2ncnc3c2ccc2ccc[c-]c23)c1.Cc1ccc(C)c(-c2ncnc3c2ccc2ccc[c-]c23)c1.Cc1cccc(-c2ncnc3c2ccc2ccc[c-]c23)c1C.Cc1cccc(C)c1-c1ncnc2c1ccc1ccc[c-]c12.[Ir].[Ir].[Ir].[Ir]. The Bertz CT molecular complexity index is 6030. The van der Waals surface area contributed by atoms with Gasteiger partial charge in [0, 0.05) is 109 Å². The molecule has 0 saturated carbocycles. The van der Waals surface area contributed by atoms with Crippen molar-refractivity contribution in [2.24, 2.45) is 28.1 Å².